The second kappa shape index (κ2) is 4.65. The van der Waals surface area contributed by atoms with Gasteiger partial charge >= 0.3 is 6.01 Å². The lowest BCUT2D eigenvalue weighted by Gasteiger charge is -2.27. The maximum atomic E-state index is 11.4. The van der Waals surface area contributed by atoms with Crippen molar-refractivity contribution in [3.8, 4) is 6.01 Å². The van der Waals surface area contributed by atoms with Crippen LogP contribution in [0.15, 0.2) is 6.20 Å². The summed E-state index contributed by atoms with van der Waals surface area (Å²) in [7, 11) is 1.49. The molecule has 0 bridgehead atoms. The number of halogens is 1. The lowest BCUT2D eigenvalue weighted by Crippen LogP contribution is -2.36. The number of carbonyl (C=O) groups is 1. The third-order valence-electron chi connectivity index (χ3n) is 2.44. The molecule has 0 N–H and O–H groups in total. The lowest BCUT2D eigenvalue weighted by atomic mass is 10.1. The van der Waals surface area contributed by atoms with E-state index < -0.39 is 0 Å². The van der Waals surface area contributed by atoms with Crippen LogP contribution < -0.4 is 9.64 Å². The Morgan fingerprint density at radius 1 is 1.56 bits per heavy atom. The number of ether oxygens (including phenoxy) is 1. The number of nitrogens with zero attached hydrogens (tertiary/aromatic N) is 3. The summed E-state index contributed by atoms with van der Waals surface area (Å²) in [5.74, 6) is 0.779. The van der Waals surface area contributed by atoms with Crippen LogP contribution in [-0.2, 0) is 4.79 Å². The van der Waals surface area contributed by atoms with Gasteiger partial charge in [-0.3, -0.25) is 4.79 Å². The molecule has 1 aromatic rings. The van der Waals surface area contributed by atoms with Crippen molar-refractivity contribution >= 4 is 23.2 Å². The maximum absolute atomic E-state index is 11.4. The van der Waals surface area contributed by atoms with Gasteiger partial charge in [-0.25, -0.2) is 4.98 Å². The van der Waals surface area contributed by atoms with Gasteiger partial charge in [0.1, 0.15) is 5.02 Å². The molecule has 0 aliphatic carbocycles. The summed E-state index contributed by atoms with van der Waals surface area (Å²) in [5.41, 5.74) is 0. The van der Waals surface area contributed by atoms with Gasteiger partial charge < -0.3 is 9.64 Å². The third kappa shape index (κ3) is 2.24. The van der Waals surface area contributed by atoms with Gasteiger partial charge in [0.05, 0.1) is 19.9 Å². The summed E-state index contributed by atoms with van der Waals surface area (Å²) in [6.07, 6.45) is 2.96. The Bertz CT molecular complexity index is 411. The van der Waals surface area contributed by atoms with E-state index in [1.165, 1.54) is 13.3 Å². The van der Waals surface area contributed by atoms with Gasteiger partial charge in [0.2, 0.25) is 0 Å². The van der Waals surface area contributed by atoms with Crippen molar-refractivity contribution in [2.75, 3.05) is 25.1 Å². The highest BCUT2D eigenvalue weighted by molar-refractivity contribution is 6.32. The van der Waals surface area contributed by atoms with Gasteiger partial charge in [0, 0.05) is 13.0 Å². The number of ketones is 1. The van der Waals surface area contributed by atoms with Crippen molar-refractivity contribution in [2.24, 2.45) is 0 Å². The Morgan fingerprint density at radius 2 is 2.38 bits per heavy atom. The molecule has 0 aromatic carbocycles. The van der Waals surface area contributed by atoms with Crippen molar-refractivity contribution in [3.05, 3.63) is 11.2 Å². The van der Waals surface area contributed by atoms with Crippen LogP contribution in [0.1, 0.15) is 12.8 Å². The lowest BCUT2D eigenvalue weighted by molar-refractivity contribution is -0.118. The summed E-state index contributed by atoms with van der Waals surface area (Å²) in [6.45, 7) is 1.14. The zero-order chi connectivity index (χ0) is 11.5. The number of methoxy groups -OCH3 is 1. The topological polar surface area (TPSA) is 55.3 Å². The molecule has 0 amide bonds. The predicted octanol–water partition coefficient (Wildman–Crippen LogP) is 1.31. The van der Waals surface area contributed by atoms with Crippen molar-refractivity contribution < 1.29 is 9.53 Å². The number of anilines is 1. The molecule has 5 nitrogen and oxygen atoms in total. The van der Waals surface area contributed by atoms with Gasteiger partial charge in [-0.2, -0.15) is 4.98 Å². The van der Waals surface area contributed by atoms with Gasteiger partial charge in [-0.05, 0) is 6.42 Å². The molecule has 2 rings (SSSR count). The van der Waals surface area contributed by atoms with E-state index in [1.807, 2.05) is 4.90 Å². The van der Waals surface area contributed by atoms with Crippen LogP contribution in [0, 0.1) is 0 Å². The highest BCUT2D eigenvalue weighted by Gasteiger charge is 2.21. The average Bonchev–Trinajstić information content (AvgIpc) is 2.30. The number of rotatable bonds is 2. The Morgan fingerprint density at radius 3 is 3.06 bits per heavy atom. The summed E-state index contributed by atoms with van der Waals surface area (Å²) in [4.78, 5) is 21.3. The van der Waals surface area contributed by atoms with Crippen LogP contribution in [0.5, 0.6) is 6.01 Å². The van der Waals surface area contributed by atoms with Gasteiger partial charge in [-0.1, -0.05) is 11.6 Å². The fourth-order valence-electron chi connectivity index (χ4n) is 1.68. The molecule has 0 spiro atoms. The molecule has 1 aromatic heterocycles. The van der Waals surface area contributed by atoms with Crippen LogP contribution in [0.4, 0.5) is 5.82 Å². The number of hydrogen-bond donors (Lipinski definition) is 0. The SMILES string of the molecule is COc1ncc(Cl)c(N2CCCC(=O)C2)n1. The standard InChI is InChI=1S/C10H12ClN3O2/c1-16-10-12-5-8(11)9(13-10)14-4-2-3-7(15)6-14/h5H,2-4,6H2,1H3. The molecule has 1 aliphatic rings. The van der Waals surface area contributed by atoms with E-state index in [-0.39, 0.29) is 11.8 Å². The highest BCUT2D eigenvalue weighted by Crippen LogP contribution is 2.26. The monoisotopic (exact) mass is 241 g/mol. The number of piperidine rings is 1. The van der Waals surface area contributed by atoms with E-state index in [2.05, 4.69) is 9.97 Å². The molecule has 0 saturated carbocycles. The fraction of sp³-hybridized carbons (Fsp3) is 0.500. The minimum absolute atomic E-state index is 0.208. The van der Waals surface area contributed by atoms with Crippen molar-refractivity contribution in [1.29, 1.82) is 0 Å². The van der Waals surface area contributed by atoms with E-state index in [0.717, 1.165) is 13.0 Å². The molecule has 0 atom stereocenters. The maximum Gasteiger partial charge on any atom is 0.318 e. The normalized spacial score (nSPS) is 16.4. The minimum atomic E-state index is 0.208. The zero-order valence-electron chi connectivity index (χ0n) is 8.94. The number of aromatic nitrogens is 2. The van der Waals surface area contributed by atoms with Gasteiger partial charge in [0.25, 0.3) is 0 Å². The number of hydrogen-bond acceptors (Lipinski definition) is 5. The molecular weight excluding hydrogens is 230 g/mol. The van der Waals surface area contributed by atoms with E-state index in [9.17, 15) is 4.79 Å². The summed E-state index contributed by atoms with van der Waals surface area (Å²) < 4.78 is 4.94. The summed E-state index contributed by atoms with van der Waals surface area (Å²) in [6, 6.07) is 0.262. The predicted molar refractivity (Wildman–Crippen MR) is 60.0 cm³/mol. The van der Waals surface area contributed by atoms with Crippen LogP contribution in [0.25, 0.3) is 0 Å². The molecule has 16 heavy (non-hydrogen) atoms. The smallest absolute Gasteiger partial charge is 0.318 e. The second-order valence-electron chi connectivity index (χ2n) is 3.59. The van der Waals surface area contributed by atoms with E-state index in [0.29, 0.717) is 23.8 Å². The van der Waals surface area contributed by atoms with E-state index in [1.54, 1.807) is 0 Å². The summed E-state index contributed by atoms with van der Waals surface area (Å²) in [5, 5.41) is 0.440. The first-order chi connectivity index (χ1) is 7.70. The second-order valence-corrected chi connectivity index (χ2v) is 4.00. The quantitative estimate of drug-likeness (QED) is 0.781. The number of carbonyl (C=O) groups excluding carboxylic acids is 1. The largest absolute Gasteiger partial charge is 0.467 e. The van der Waals surface area contributed by atoms with Crippen molar-refractivity contribution in [2.45, 2.75) is 12.8 Å². The molecule has 86 valence electrons. The Labute approximate surface area is 98.4 Å². The number of Topliss-reactive ketones (excluding diaryl/α,β-unsaturated/α-hetero) is 1. The minimum Gasteiger partial charge on any atom is -0.467 e. The first kappa shape index (κ1) is 11.1. The Kier molecular flexibility index (Phi) is 3.24. The third-order valence-corrected chi connectivity index (χ3v) is 2.70. The molecule has 6 heteroatoms. The molecule has 1 fully saturated rings. The zero-order valence-corrected chi connectivity index (χ0v) is 9.70. The highest BCUT2D eigenvalue weighted by atomic mass is 35.5. The van der Waals surface area contributed by atoms with Crippen molar-refractivity contribution in [1.82, 2.24) is 9.97 Å². The Balaban J connectivity index is 2.27. The molecule has 1 saturated heterocycles. The fourth-order valence-corrected chi connectivity index (χ4v) is 1.89. The Hall–Kier alpha value is -1.36. The summed E-state index contributed by atoms with van der Waals surface area (Å²) >= 11 is 6.00. The molecule has 0 radical (unpaired) electrons. The van der Waals surface area contributed by atoms with Gasteiger partial charge in [-0.15, -0.1) is 0 Å². The van der Waals surface area contributed by atoms with Crippen LogP contribution in [0.3, 0.4) is 0 Å². The van der Waals surface area contributed by atoms with Crippen LogP contribution in [0.2, 0.25) is 5.02 Å². The van der Waals surface area contributed by atoms with E-state index in [4.69, 9.17) is 16.3 Å². The average molecular weight is 242 g/mol. The molecule has 2 heterocycles. The molecule has 0 unspecified atom stereocenters. The van der Waals surface area contributed by atoms with Crippen LogP contribution >= 0.6 is 11.6 Å². The first-order valence-corrected chi connectivity index (χ1v) is 5.41. The first-order valence-electron chi connectivity index (χ1n) is 5.04. The molecular formula is C10H12ClN3O2. The molecule has 1 aliphatic heterocycles. The van der Waals surface area contributed by atoms with Crippen molar-refractivity contribution in [3.63, 3.8) is 0 Å². The van der Waals surface area contributed by atoms with Crippen LogP contribution in [-0.4, -0.2) is 36.0 Å². The van der Waals surface area contributed by atoms with E-state index >= 15 is 0 Å². The van der Waals surface area contributed by atoms with Gasteiger partial charge in [0.15, 0.2) is 11.6 Å².